The van der Waals surface area contributed by atoms with Crippen molar-refractivity contribution >= 4 is 5.69 Å². The highest BCUT2D eigenvalue weighted by atomic mass is 16.6. The smallest absolute Gasteiger partial charge is 0.269 e. The zero-order valence-electron chi connectivity index (χ0n) is 8.30. The van der Waals surface area contributed by atoms with E-state index < -0.39 is 10.5 Å². The molecule has 1 unspecified atom stereocenters. The van der Waals surface area contributed by atoms with Gasteiger partial charge in [0.25, 0.3) is 5.69 Å². The molecule has 0 fully saturated rings. The minimum Gasteiger partial charge on any atom is -0.378 e. The van der Waals surface area contributed by atoms with Crippen LogP contribution < -0.4 is 0 Å². The number of terminal acetylenes is 1. The molecular weight excluding hydrogens is 194 g/mol. The van der Waals surface area contributed by atoms with Crippen LogP contribution in [-0.2, 0) is 6.42 Å². The van der Waals surface area contributed by atoms with Gasteiger partial charge in [0.15, 0.2) is 0 Å². The van der Waals surface area contributed by atoms with Gasteiger partial charge in [-0.25, -0.2) is 0 Å². The lowest BCUT2D eigenvalue weighted by Gasteiger charge is -2.15. The van der Waals surface area contributed by atoms with Gasteiger partial charge in [-0.2, -0.15) is 0 Å². The van der Waals surface area contributed by atoms with Crippen molar-refractivity contribution in [1.82, 2.24) is 0 Å². The molecule has 0 saturated heterocycles. The number of hydrogen-bond donors (Lipinski definition) is 1. The first-order chi connectivity index (χ1) is 6.94. The van der Waals surface area contributed by atoms with Crippen LogP contribution in [0, 0.1) is 22.5 Å². The van der Waals surface area contributed by atoms with E-state index >= 15 is 0 Å². The summed E-state index contributed by atoms with van der Waals surface area (Å²) in [7, 11) is 0. The first-order valence-corrected chi connectivity index (χ1v) is 4.38. The van der Waals surface area contributed by atoms with E-state index in [9.17, 15) is 15.2 Å². The van der Waals surface area contributed by atoms with Gasteiger partial charge < -0.3 is 5.11 Å². The highest BCUT2D eigenvalue weighted by Crippen LogP contribution is 2.16. The summed E-state index contributed by atoms with van der Waals surface area (Å²) < 4.78 is 0. The Bertz CT molecular complexity index is 401. The fourth-order valence-corrected chi connectivity index (χ4v) is 1.18. The Kier molecular flexibility index (Phi) is 3.08. The molecule has 0 amide bonds. The van der Waals surface area contributed by atoms with Gasteiger partial charge in [-0.15, -0.1) is 6.42 Å². The van der Waals surface area contributed by atoms with Gasteiger partial charge >= 0.3 is 0 Å². The number of rotatable bonds is 3. The maximum atomic E-state index is 10.4. The fraction of sp³-hybridized carbons (Fsp3) is 0.273. The molecule has 0 aromatic heterocycles. The van der Waals surface area contributed by atoms with Crippen molar-refractivity contribution in [3.05, 3.63) is 39.9 Å². The lowest BCUT2D eigenvalue weighted by atomic mass is 9.97. The molecule has 1 rings (SSSR count). The zero-order chi connectivity index (χ0) is 11.5. The fourth-order valence-electron chi connectivity index (χ4n) is 1.18. The Hall–Kier alpha value is -1.86. The summed E-state index contributed by atoms with van der Waals surface area (Å²) >= 11 is 0. The van der Waals surface area contributed by atoms with Crippen LogP contribution in [-0.4, -0.2) is 15.6 Å². The Morgan fingerprint density at radius 2 is 2.07 bits per heavy atom. The Balaban J connectivity index is 2.83. The normalized spacial score (nSPS) is 13.9. The number of nitro benzene ring substituents is 1. The molecule has 0 radical (unpaired) electrons. The van der Waals surface area contributed by atoms with E-state index in [1.165, 1.54) is 19.1 Å². The van der Waals surface area contributed by atoms with Crippen LogP contribution >= 0.6 is 0 Å². The third-order valence-corrected chi connectivity index (χ3v) is 2.01. The maximum Gasteiger partial charge on any atom is 0.269 e. The molecule has 0 bridgehead atoms. The van der Waals surface area contributed by atoms with Gasteiger partial charge in [-0.1, -0.05) is 18.1 Å². The molecule has 0 spiro atoms. The molecule has 78 valence electrons. The molecule has 1 N–H and O–H groups in total. The summed E-state index contributed by atoms with van der Waals surface area (Å²) in [6.07, 6.45) is 5.40. The molecule has 4 heteroatoms. The molecule has 0 aliphatic carbocycles. The number of benzene rings is 1. The minimum atomic E-state index is -1.21. The molecule has 1 aromatic rings. The monoisotopic (exact) mass is 205 g/mol. The number of hydrogen-bond acceptors (Lipinski definition) is 3. The summed E-state index contributed by atoms with van der Waals surface area (Å²) in [6, 6.07) is 5.96. The second-order valence-electron chi connectivity index (χ2n) is 3.52. The average molecular weight is 205 g/mol. The number of nitrogens with zero attached hydrogens (tertiary/aromatic N) is 1. The van der Waals surface area contributed by atoms with E-state index in [2.05, 4.69) is 5.92 Å². The van der Waals surface area contributed by atoms with E-state index in [1.807, 2.05) is 0 Å². The third-order valence-electron chi connectivity index (χ3n) is 2.01. The van der Waals surface area contributed by atoms with Crippen molar-refractivity contribution in [2.75, 3.05) is 0 Å². The van der Waals surface area contributed by atoms with Crippen LogP contribution in [0.4, 0.5) is 5.69 Å². The molecule has 1 atom stereocenters. The Morgan fingerprint density at radius 3 is 2.47 bits per heavy atom. The SMILES string of the molecule is C#CC(C)(O)Cc1ccc([N+](=O)[O-])cc1. The zero-order valence-corrected chi connectivity index (χ0v) is 8.30. The van der Waals surface area contributed by atoms with Crippen molar-refractivity contribution in [3.63, 3.8) is 0 Å². The van der Waals surface area contributed by atoms with Gasteiger partial charge in [0, 0.05) is 18.6 Å². The molecular formula is C11H11NO3. The molecule has 4 nitrogen and oxygen atoms in total. The van der Waals surface area contributed by atoms with Crippen LogP contribution in [0.15, 0.2) is 24.3 Å². The van der Waals surface area contributed by atoms with Crippen LogP contribution in [0.1, 0.15) is 12.5 Å². The van der Waals surface area contributed by atoms with E-state index in [4.69, 9.17) is 6.42 Å². The second-order valence-corrected chi connectivity index (χ2v) is 3.52. The summed E-state index contributed by atoms with van der Waals surface area (Å²) in [6.45, 7) is 1.52. The summed E-state index contributed by atoms with van der Waals surface area (Å²) in [4.78, 5) is 9.91. The third kappa shape index (κ3) is 3.08. The van der Waals surface area contributed by atoms with E-state index in [0.717, 1.165) is 5.56 Å². The van der Waals surface area contributed by atoms with Crippen LogP contribution in [0.25, 0.3) is 0 Å². The van der Waals surface area contributed by atoms with Gasteiger partial charge in [0.1, 0.15) is 5.60 Å². The van der Waals surface area contributed by atoms with Gasteiger partial charge in [0.2, 0.25) is 0 Å². The van der Waals surface area contributed by atoms with Crippen LogP contribution in [0.2, 0.25) is 0 Å². The van der Waals surface area contributed by atoms with Crippen LogP contribution in [0.3, 0.4) is 0 Å². The standard InChI is InChI=1S/C11H11NO3/c1-3-11(2,13)8-9-4-6-10(7-5-9)12(14)15/h1,4-7,13H,8H2,2H3. The van der Waals surface area contributed by atoms with Gasteiger partial charge in [-0.3, -0.25) is 10.1 Å². The second kappa shape index (κ2) is 4.11. The molecule has 0 heterocycles. The highest BCUT2D eigenvalue weighted by Gasteiger charge is 2.17. The maximum absolute atomic E-state index is 10.4. The van der Waals surface area contributed by atoms with Crippen molar-refractivity contribution in [2.24, 2.45) is 0 Å². The van der Waals surface area contributed by atoms with Crippen molar-refractivity contribution in [3.8, 4) is 12.3 Å². The van der Waals surface area contributed by atoms with Gasteiger partial charge in [0.05, 0.1) is 4.92 Å². The van der Waals surface area contributed by atoms with Crippen molar-refractivity contribution < 1.29 is 10.0 Å². The number of aliphatic hydroxyl groups is 1. The molecule has 0 saturated carbocycles. The molecule has 15 heavy (non-hydrogen) atoms. The number of nitro groups is 1. The highest BCUT2D eigenvalue weighted by molar-refractivity contribution is 5.34. The summed E-state index contributed by atoms with van der Waals surface area (Å²) in [5, 5.41) is 20.0. The minimum absolute atomic E-state index is 0.0269. The molecule has 1 aromatic carbocycles. The largest absolute Gasteiger partial charge is 0.378 e. The Morgan fingerprint density at radius 1 is 1.53 bits per heavy atom. The van der Waals surface area contributed by atoms with Crippen molar-refractivity contribution in [2.45, 2.75) is 18.9 Å². The van der Waals surface area contributed by atoms with E-state index in [1.54, 1.807) is 12.1 Å². The van der Waals surface area contributed by atoms with E-state index in [0.29, 0.717) is 0 Å². The quantitative estimate of drug-likeness (QED) is 0.462. The average Bonchev–Trinajstić information content (AvgIpc) is 2.18. The first kappa shape index (κ1) is 11.2. The van der Waals surface area contributed by atoms with Crippen LogP contribution in [0.5, 0.6) is 0 Å². The lowest BCUT2D eigenvalue weighted by molar-refractivity contribution is -0.384. The number of non-ortho nitro benzene ring substituents is 1. The van der Waals surface area contributed by atoms with Gasteiger partial charge in [-0.05, 0) is 12.5 Å². The molecule has 0 aliphatic heterocycles. The first-order valence-electron chi connectivity index (χ1n) is 4.38. The predicted molar refractivity (Wildman–Crippen MR) is 56.3 cm³/mol. The van der Waals surface area contributed by atoms with Crippen molar-refractivity contribution in [1.29, 1.82) is 0 Å². The molecule has 0 aliphatic rings. The topological polar surface area (TPSA) is 63.4 Å². The summed E-state index contributed by atoms with van der Waals surface area (Å²) in [5.74, 6) is 2.25. The lowest BCUT2D eigenvalue weighted by Crippen LogP contribution is -2.24. The predicted octanol–water partition coefficient (Wildman–Crippen LogP) is 1.52. The summed E-state index contributed by atoms with van der Waals surface area (Å²) in [5.41, 5.74) is -0.418. The van der Waals surface area contributed by atoms with E-state index in [-0.39, 0.29) is 12.1 Å². The Labute approximate surface area is 87.7 Å².